The molecule has 6 saturated carbocycles. The fraction of sp³-hybridized carbons (Fsp3) is 0.765. The number of ether oxygens (including phenoxy) is 1. The number of nitrogens with one attached hydrogen (secondary N) is 1. The van der Waals surface area contributed by atoms with E-state index in [1.807, 2.05) is 26.1 Å². The average molecular weight is 808 g/mol. The highest BCUT2D eigenvalue weighted by atomic mass is 16.5. The molecule has 1 aliphatic heterocycles. The molecule has 2 heterocycles. The van der Waals surface area contributed by atoms with Gasteiger partial charge in [-0.2, -0.15) is 0 Å². The molecule has 1 unspecified atom stereocenters. The molecule has 13 atom stereocenters. The molecule has 1 saturated heterocycles. The van der Waals surface area contributed by atoms with Gasteiger partial charge in [-0.25, -0.2) is 4.98 Å². The summed E-state index contributed by atoms with van der Waals surface area (Å²) in [5, 5.41) is 9.71. The Morgan fingerprint density at radius 3 is 2.25 bits per heavy atom. The van der Waals surface area contributed by atoms with Gasteiger partial charge in [0.25, 0.3) is 0 Å². The second-order valence-corrected chi connectivity index (χ2v) is 23.3. The van der Waals surface area contributed by atoms with Gasteiger partial charge in [-0.3, -0.25) is 14.4 Å². The van der Waals surface area contributed by atoms with Gasteiger partial charge in [-0.15, -0.1) is 0 Å². The van der Waals surface area contributed by atoms with Crippen molar-refractivity contribution in [3.05, 3.63) is 42.4 Å². The van der Waals surface area contributed by atoms with Crippen LogP contribution in [-0.4, -0.2) is 50.5 Å². The quantitative estimate of drug-likeness (QED) is 0.269. The minimum atomic E-state index is -0.812. The first-order valence-corrected chi connectivity index (χ1v) is 23.7. The summed E-state index contributed by atoms with van der Waals surface area (Å²) in [6, 6.07) is 10.4. The van der Waals surface area contributed by atoms with Gasteiger partial charge >= 0.3 is 11.9 Å². The number of hydrogen-bond donors (Lipinski definition) is 2. The number of aromatic amines is 1. The van der Waals surface area contributed by atoms with E-state index in [9.17, 15) is 14.7 Å². The SMILES string of the molecule is CC(C)C1CC[C@]2(C(=O)N3CCC[C@H]3c3ncc(-c4ccccc4)[nH]3)CC[C@]3(C)[C@H](CC[C@@H]4[C@@]5(C)CC[C@H](OC(=O)[C@H]6C[C@@H](C(=O)O)C6(C)C)C(C)(C)[C@@H]5CC[C@]43C)[C@@H]12. The molecule has 2 aromatic rings. The first-order valence-electron chi connectivity index (χ1n) is 23.7. The molecule has 0 radical (unpaired) electrons. The Morgan fingerprint density at radius 1 is 0.814 bits per heavy atom. The highest BCUT2D eigenvalue weighted by molar-refractivity contribution is 5.85. The summed E-state index contributed by atoms with van der Waals surface area (Å²) < 4.78 is 6.48. The number of nitrogens with zero attached hydrogens (tertiary/aromatic N) is 2. The molecule has 322 valence electrons. The molecule has 0 spiro atoms. The Kier molecular flexibility index (Phi) is 9.73. The number of esters is 1. The Bertz CT molecular complexity index is 1970. The maximum absolute atomic E-state index is 15.6. The standard InChI is InChI=1S/C51H73N3O5/c1-30(2)32-19-24-51(45(58)54-27-13-16-37(54)42-52-29-36(53-42)31-14-11-10-12-15-31)26-25-49(8)33(41(32)51)17-18-39-48(7)22-21-40(47(5,6)38(48)20-23-50(39,49)9)59-44(57)35-28-34(43(55)56)46(35,3)4/h10-12,14-15,29-30,32-35,37-41H,13,16-28H2,1-9H3,(H,52,53)(H,55,56)/t32?,33-,34+,35-,37+,38+,39-,40+,41-,48+,49-,50-,51+/m1/s1. The average Bonchev–Trinajstić information content (AvgIpc) is 3.95. The highest BCUT2D eigenvalue weighted by Crippen LogP contribution is 2.78. The van der Waals surface area contributed by atoms with Crippen LogP contribution in [0.4, 0.5) is 0 Å². The second kappa shape index (κ2) is 13.9. The lowest BCUT2D eigenvalue weighted by molar-refractivity contribution is -0.252. The molecule has 6 aliphatic carbocycles. The summed E-state index contributed by atoms with van der Waals surface area (Å²) in [5.41, 5.74) is 1.53. The van der Waals surface area contributed by atoms with Crippen molar-refractivity contribution in [2.45, 2.75) is 158 Å². The van der Waals surface area contributed by atoms with Crippen LogP contribution < -0.4 is 0 Å². The summed E-state index contributed by atoms with van der Waals surface area (Å²) in [6.07, 6.45) is 15.1. The number of carbonyl (C=O) groups excluding carboxylic acids is 2. The summed E-state index contributed by atoms with van der Waals surface area (Å²) in [4.78, 5) is 51.9. The molecule has 9 rings (SSSR count). The van der Waals surface area contributed by atoms with E-state index in [1.54, 1.807) is 0 Å². The fourth-order valence-electron chi connectivity index (χ4n) is 16.8. The monoisotopic (exact) mass is 808 g/mol. The van der Waals surface area contributed by atoms with E-state index in [0.29, 0.717) is 47.8 Å². The first-order chi connectivity index (χ1) is 27.8. The number of likely N-dealkylation sites (tertiary alicyclic amines) is 1. The number of aliphatic carboxylic acids is 1. The normalized spacial score (nSPS) is 43.2. The molecule has 1 amide bonds. The van der Waals surface area contributed by atoms with Crippen molar-refractivity contribution in [2.75, 3.05) is 6.54 Å². The Balaban J connectivity index is 0.966. The van der Waals surface area contributed by atoms with Gasteiger partial charge in [0.2, 0.25) is 5.91 Å². The lowest BCUT2D eigenvalue weighted by atomic mass is 9.32. The van der Waals surface area contributed by atoms with E-state index >= 15 is 4.79 Å². The van der Waals surface area contributed by atoms with E-state index in [0.717, 1.165) is 81.4 Å². The van der Waals surface area contributed by atoms with Crippen molar-refractivity contribution in [2.24, 2.45) is 79.8 Å². The van der Waals surface area contributed by atoms with Crippen molar-refractivity contribution in [3.8, 4) is 11.3 Å². The molecule has 7 fully saturated rings. The van der Waals surface area contributed by atoms with Gasteiger partial charge in [-0.1, -0.05) is 92.6 Å². The maximum atomic E-state index is 15.6. The van der Waals surface area contributed by atoms with Gasteiger partial charge in [0.05, 0.1) is 35.2 Å². The largest absolute Gasteiger partial charge is 0.481 e. The smallest absolute Gasteiger partial charge is 0.309 e. The third-order valence-corrected chi connectivity index (χ3v) is 20.3. The maximum Gasteiger partial charge on any atom is 0.309 e. The van der Waals surface area contributed by atoms with Gasteiger partial charge in [0, 0.05) is 12.0 Å². The van der Waals surface area contributed by atoms with Crippen molar-refractivity contribution in [1.29, 1.82) is 0 Å². The van der Waals surface area contributed by atoms with E-state index in [2.05, 4.69) is 82.6 Å². The molecular weight excluding hydrogens is 735 g/mol. The molecular formula is C51H73N3O5. The number of carboxylic acids is 1. The van der Waals surface area contributed by atoms with E-state index in [4.69, 9.17) is 9.72 Å². The Hall–Kier alpha value is -3.16. The van der Waals surface area contributed by atoms with Crippen LogP contribution in [0.15, 0.2) is 36.5 Å². The van der Waals surface area contributed by atoms with Crippen molar-refractivity contribution < 1.29 is 24.2 Å². The van der Waals surface area contributed by atoms with Crippen molar-refractivity contribution >= 4 is 17.8 Å². The number of amides is 1. The summed E-state index contributed by atoms with van der Waals surface area (Å²) in [5.74, 6) is 2.55. The summed E-state index contributed by atoms with van der Waals surface area (Å²) in [6.45, 7) is 22.2. The Morgan fingerprint density at radius 2 is 1.56 bits per heavy atom. The van der Waals surface area contributed by atoms with Crippen LogP contribution in [0.2, 0.25) is 0 Å². The highest BCUT2D eigenvalue weighted by Gasteiger charge is 2.73. The zero-order valence-corrected chi connectivity index (χ0v) is 37.6. The lowest BCUT2D eigenvalue weighted by Gasteiger charge is -2.73. The number of carbonyl (C=O) groups is 3. The van der Waals surface area contributed by atoms with Crippen LogP contribution in [0.25, 0.3) is 11.3 Å². The fourth-order valence-corrected chi connectivity index (χ4v) is 16.8. The first kappa shape index (κ1) is 41.2. The predicted molar refractivity (Wildman–Crippen MR) is 230 cm³/mol. The van der Waals surface area contributed by atoms with Crippen molar-refractivity contribution in [1.82, 2.24) is 14.9 Å². The summed E-state index contributed by atoms with van der Waals surface area (Å²) in [7, 11) is 0. The van der Waals surface area contributed by atoms with Crippen LogP contribution in [0.3, 0.4) is 0 Å². The third kappa shape index (κ3) is 5.77. The number of fused-ring (bicyclic) bond motifs is 7. The van der Waals surface area contributed by atoms with Crippen LogP contribution >= 0.6 is 0 Å². The Labute approximate surface area is 353 Å². The second-order valence-electron chi connectivity index (χ2n) is 23.3. The van der Waals surface area contributed by atoms with Gasteiger partial charge in [0.1, 0.15) is 11.9 Å². The molecule has 1 aromatic heterocycles. The minimum Gasteiger partial charge on any atom is -0.481 e. The number of benzene rings is 1. The van der Waals surface area contributed by atoms with Crippen LogP contribution in [0.5, 0.6) is 0 Å². The number of H-pyrrole nitrogens is 1. The van der Waals surface area contributed by atoms with Crippen LogP contribution in [0, 0.1) is 79.8 Å². The van der Waals surface area contributed by atoms with Gasteiger partial charge in [-0.05, 0) is 146 Å². The molecule has 8 heteroatoms. The third-order valence-electron chi connectivity index (χ3n) is 20.3. The molecule has 2 N–H and O–H groups in total. The molecule has 1 aromatic carbocycles. The zero-order chi connectivity index (χ0) is 42.1. The van der Waals surface area contributed by atoms with Gasteiger partial charge < -0.3 is 19.7 Å². The molecule has 8 nitrogen and oxygen atoms in total. The minimum absolute atomic E-state index is 0.00417. The topological polar surface area (TPSA) is 113 Å². The molecule has 59 heavy (non-hydrogen) atoms. The molecule has 0 bridgehead atoms. The number of imidazole rings is 1. The van der Waals surface area contributed by atoms with Crippen LogP contribution in [0.1, 0.15) is 158 Å². The van der Waals surface area contributed by atoms with E-state index in [1.165, 1.54) is 19.3 Å². The summed E-state index contributed by atoms with van der Waals surface area (Å²) >= 11 is 0. The zero-order valence-electron chi connectivity index (χ0n) is 37.6. The number of carboxylic acid groups (broad SMARTS) is 1. The van der Waals surface area contributed by atoms with E-state index < -0.39 is 17.3 Å². The molecule has 7 aliphatic rings. The number of hydrogen-bond acceptors (Lipinski definition) is 5. The lowest BCUT2D eigenvalue weighted by Crippen LogP contribution is -2.67. The van der Waals surface area contributed by atoms with Gasteiger partial charge in [0.15, 0.2) is 0 Å². The predicted octanol–water partition coefficient (Wildman–Crippen LogP) is 11.1. The van der Waals surface area contributed by atoms with Crippen LogP contribution in [-0.2, 0) is 19.1 Å². The number of aromatic nitrogens is 2. The van der Waals surface area contributed by atoms with Crippen molar-refractivity contribution in [3.63, 3.8) is 0 Å². The number of rotatable bonds is 7. The van der Waals surface area contributed by atoms with E-state index in [-0.39, 0.29) is 51.1 Å².